The first-order valence-electron chi connectivity index (χ1n) is 7.26. The third kappa shape index (κ3) is 3.65. The number of esters is 1. The van der Waals surface area contributed by atoms with Gasteiger partial charge < -0.3 is 14.2 Å². The maximum atomic E-state index is 11.8. The van der Waals surface area contributed by atoms with E-state index in [9.17, 15) is 4.79 Å². The first kappa shape index (κ1) is 15.0. The number of nitrogens with zero attached hydrogens (tertiary/aromatic N) is 4. The maximum Gasteiger partial charge on any atom is 0.331 e. The number of benzene rings is 1. The summed E-state index contributed by atoms with van der Waals surface area (Å²) in [6.07, 6.45) is 3.90. The van der Waals surface area contributed by atoms with Crippen molar-refractivity contribution in [2.24, 2.45) is 0 Å². The molecule has 2 heterocycles. The van der Waals surface area contributed by atoms with Gasteiger partial charge in [-0.25, -0.2) is 9.48 Å². The van der Waals surface area contributed by atoms with E-state index in [1.165, 1.54) is 6.08 Å². The fourth-order valence-corrected chi connectivity index (χ4v) is 2.08. The molecule has 2 aromatic rings. The normalized spacial score (nSPS) is 12.7. The second kappa shape index (κ2) is 6.91. The fraction of sp³-hybridized carbons (Fsp3) is 0.333. The van der Waals surface area contributed by atoms with Gasteiger partial charge in [-0.2, -0.15) is 0 Å². The number of aromatic nitrogens is 4. The Bertz CT molecular complexity index is 726. The smallest absolute Gasteiger partial charge is 0.331 e. The second-order valence-corrected chi connectivity index (χ2v) is 4.87. The molecule has 0 atom stereocenters. The number of ether oxygens (including phenoxy) is 3. The van der Waals surface area contributed by atoms with Crippen molar-refractivity contribution in [2.75, 3.05) is 6.79 Å². The minimum atomic E-state index is -0.464. The first-order chi connectivity index (χ1) is 11.3. The van der Waals surface area contributed by atoms with Crippen LogP contribution in [0.25, 0.3) is 6.08 Å². The average Bonchev–Trinajstić information content (AvgIpc) is 3.19. The summed E-state index contributed by atoms with van der Waals surface area (Å²) in [5, 5.41) is 11.2. The molecule has 0 fully saturated rings. The molecule has 8 nitrogen and oxygen atoms in total. The SMILES string of the molecule is CCCn1nnnc1COC(=O)/C=C/c1ccc2c(c1)OCO2. The zero-order valence-electron chi connectivity index (χ0n) is 12.6. The minimum absolute atomic E-state index is 0.0390. The summed E-state index contributed by atoms with van der Waals surface area (Å²) >= 11 is 0. The molecule has 120 valence electrons. The summed E-state index contributed by atoms with van der Waals surface area (Å²) in [5.74, 6) is 1.43. The Balaban J connectivity index is 1.55. The van der Waals surface area contributed by atoms with Crippen LogP contribution < -0.4 is 9.47 Å². The predicted octanol–water partition coefficient (Wildman–Crippen LogP) is 1.57. The van der Waals surface area contributed by atoms with E-state index < -0.39 is 5.97 Å². The summed E-state index contributed by atoms with van der Waals surface area (Å²) in [7, 11) is 0. The van der Waals surface area contributed by atoms with Gasteiger partial charge in [0, 0.05) is 12.6 Å². The molecule has 0 spiro atoms. The molecule has 0 unspecified atom stereocenters. The number of tetrazole rings is 1. The lowest BCUT2D eigenvalue weighted by Gasteiger charge is -2.03. The van der Waals surface area contributed by atoms with E-state index in [-0.39, 0.29) is 13.4 Å². The molecule has 8 heteroatoms. The fourth-order valence-electron chi connectivity index (χ4n) is 2.08. The van der Waals surface area contributed by atoms with Crippen LogP contribution in [-0.4, -0.2) is 33.0 Å². The van der Waals surface area contributed by atoms with E-state index in [0.29, 0.717) is 23.9 Å². The highest BCUT2D eigenvalue weighted by molar-refractivity contribution is 5.87. The molecule has 0 saturated carbocycles. The van der Waals surface area contributed by atoms with Gasteiger partial charge >= 0.3 is 5.97 Å². The topological polar surface area (TPSA) is 88.4 Å². The largest absolute Gasteiger partial charge is 0.454 e. The van der Waals surface area contributed by atoms with Gasteiger partial charge in [0.1, 0.15) is 0 Å². The molecule has 23 heavy (non-hydrogen) atoms. The van der Waals surface area contributed by atoms with Crippen LogP contribution in [0.15, 0.2) is 24.3 Å². The maximum absolute atomic E-state index is 11.8. The van der Waals surface area contributed by atoms with Crippen LogP contribution in [0.2, 0.25) is 0 Å². The molecule has 3 rings (SSSR count). The molecule has 0 bridgehead atoms. The Morgan fingerprint density at radius 2 is 2.26 bits per heavy atom. The summed E-state index contributed by atoms with van der Waals surface area (Å²) in [4.78, 5) is 11.8. The van der Waals surface area contributed by atoms with Crippen molar-refractivity contribution in [1.29, 1.82) is 0 Å². The molecule has 0 amide bonds. The summed E-state index contributed by atoms with van der Waals surface area (Å²) in [5.41, 5.74) is 0.821. The highest BCUT2D eigenvalue weighted by atomic mass is 16.7. The van der Waals surface area contributed by atoms with Crippen molar-refractivity contribution < 1.29 is 19.0 Å². The van der Waals surface area contributed by atoms with Crippen molar-refractivity contribution in [3.63, 3.8) is 0 Å². The molecule has 1 aliphatic heterocycles. The zero-order valence-corrected chi connectivity index (χ0v) is 12.6. The Morgan fingerprint density at radius 1 is 1.39 bits per heavy atom. The quantitative estimate of drug-likeness (QED) is 0.590. The third-order valence-corrected chi connectivity index (χ3v) is 3.19. The Hall–Kier alpha value is -2.90. The summed E-state index contributed by atoms with van der Waals surface area (Å²) in [6, 6.07) is 5.43. The van der Waals surface area contributed by atoms with Crippen LogP contribution in [-0.2, 0) is 22.7 Å². The molecule has 0 aliphatic carbocycles. The van der Waals surface area contributed by atoms with Crippen molar-refractivity contribution in [3.05, 3.63) is 35.7 Å². The summed E-state index contributed by atoms with van der Waals surface area (Å²) in [6.45, 7) is 2.97. The van der Waals surface area contributed by atoms with Gasteiger partial charge in [0.05, 0.1) is 0 Å². The number of fused-ring (bicyclic) bond motifs is 1. The molecular formula is C15H16N4O4. The number of hydrogen-bond donors (Lipinski definition) is 0. The van der Waals surface area contributed by atoms with E-state index in [1.807, 2.05) is 13.0 Å². The molecule has 0 N–H and O–H groups in total. The number of carbonyl (C=O) groups is 1. The standard InChI is InChI=1S/C15H16N4O4/c1-2-7-19-14(16-17-18-19)9-21-15(20)6-4-11-3-5-12-13(8-11)23-10-22-12/h3-6,8H,2,7,9-10H2,1H3/b6-4+. The molecule has 0 radical (unpaired) electrons. The first-order valence-corrected chi connectivity index (χ1v) is 7.26. The lowest BCUT2D eigenvalue weighted by Crippen LogP contribution is -2.09. The molecule has 1 aromatic heterocycles. The van der Waals surface area contributed by atoms with Gasteiger partial charge in [-0.15, -0.1) is 5.10 Å². The van der Waals surface area contributed by atoms with Crippen LogP contribution in [0.3, 0.4) is 0 Å². The van der Waals surface area contributed by atoms with Crippen molar-refractivity contribution >= 4 is 12.0 Å². The van der Waals surface area contributed by atoms with E-state index >= 15 is 0 Å². The Labute approximate surface area is 132 Å². The number of rotatable bonds is 6. The lowest BCUT2D eigenvalue weighted by molar-refractivity contribution is -0.139. The third-order valence-electron chi connectivity index (χ3n) is 3.19. The van der Waals surface area contributed by atoms with Crippen LogP contribution in [0.4, 0.5) is 0 Å². The number of aryl methyl sites for hydroxylation is 1. The van der Waals surface area contributed by atoms with E-state index in [1.54, 1.807) is 22.9 Å². The van der Waals surface area contributed by atoms with E-state index in [4.69, 9.17) is 14.2 Å². The van der Waals surface area contributed by atoms with Gasteiger partial charge in [-0.3, -0.25) is 0 Å². The van der Waals surface area contributed by atoms with Gasteiger partial charge in [-0.05, 0) is 40.6 Å². The van der Waals surface area contributed by atoms with Crippen molar-refractivity contribution in [3.8, 4) is 11.5 Å². The van der Waals surface area contributed by atoms with Crippen LogP contribution >= 0.6 is 0 Å². The van der Waals surface area contributed by atoms with Crippen LogP contribution in [0, 0.1) is 0 Å². The van der Waals surface area contributed by atoms with Crippen molar-refractivity contribution in [1.82, 2.24) is 20.2 Å². The monoisotopic (exact) mass is 316 g/mol. The minimum Gasteiger partial charge on any atom is -0.454 e. The van der Waals surface area contributed by atoms with Gasteiger partial charge in [0.25, 0.3) is 0 Å². The molecule has 1 aromatic carbocycles. The van der Waals surface area contributed by atoms with E-state index in [2.05, 4.69) is 15.5 Å². The Morgan fingerprint density at radius 3 is 3.13 bits per heavy atom. The van der Waals surface area contributed by atoms with Gasteiger partial charge in [0.15, 0.2) is 23.9 Å². The van der Waals surface area contributed by atoms with Crippen LogP contribution in [0.5, 0.6) is 11.5 Å². The second-order valence-electron chi connectivity index (χ2n) is 4.87. The zero-order chi connectivity index (χ0) is 16.1. The Kier molecular flexibility index (Phi) is 4.51. The highest BCUT2D eigenvalue weighted by Crippen LogP contribution is 2.32. The number of hydrogen-bond acceptors (Lipinski definition) is 7. The predicted molar refractivity (Wildman–Crippen MR) is 79.5 cm³/mol. The highest BCUT2D eigenvalue weighted by Gasteiger charge is 2.12. The molecular weight excluding hydrogens is 300 g/mol. The lowest BCUT2D eigenvalue weighted by atomic mass is 10.2. The molecule has 1 aliphatic rings. The van der Waals surface area contributed by atoms with Crippen LogP contribution in [0.1, 0.15) is 24.7 Å². The average molecular weight is 316 g/mol. The van der Waals surface area contributed by atoms with Crippen molar-refractivity contribution in [2.45, 2.75) is 26.5 Å². The molecule has 0 saturated heterocycles. The van der Waals surface area contributed by atoms with Gasteiger partial charge in [0.2, 0.25) is 6.79 Å². The van der Waals surface area contributed by atoms with E-state index in [0.717, 1.165) is 12.0 Å². The number of carbonyl (C=O) groups excluding carboxylic acids is 1. The van der Waals surface area contributed by atoms with Gasteiger partial charge in [-0.1, -0.05) is 13.0 Å². The summed E-state index contributed by atoms with van der Waals surface area (Å²) < 4.78 is 17.3.